The van der Waals surface area contributed by atoms with Gasteiger partial charge in [-0.3, -0.25) is 4.79 Å². The number of hydrogen-bond acceptors (Lipinski definition) is 3. The van der Waals surface area contributed by atoms with Gasteiger partial charge in [-0.25, -0.2) is 9.18 Å². The summed E-state index contributed by atoms with van der Waals surface area (Å²) in [6, 6.07) is 12.9. The van der Waals surface area contributed by atoms with Gasteiger partial charge in [-0.05, 0) is 30.7 Å². The van der Waals surface area contributed by atoms with Crippen LogP contribution < -0.4 is 4.90 Å². The third-order valence-electron chi connectivity index (χ3n) is 3.78. The Morgan fingerprint density at radius 2 is 2.00 bits per heavy atom. The van der Waals surface area contributed by atoms with Gasteiger partial charge in [0.1, 0.15) is 12.4 Å². The molecular weight excluding hydrogens is 297 g/mol. The molecule has 0 spiro atoms. The molecule has 2 aromatic rings. The van der Waals surface area contributed by atoms with Crippen LogP contribution in [0, 0.1) is 5.82 Å². The number of nitrogens with zero attached hydrogens (tertiary/aromatic N) is 1. The standard InChI is InChI=1S/C18H16FNO3/c19-16-8-2-1-5-14(16)12-23-18(22)13-6-3-7-15(11-13)20-10-4-9-17(20)21/h1-3,5-8,11H,4,9-10,12H2. The second-order valence-corrected chi connectivity index (χ2v) is 5.37. The lowest BCUT2D eigenvalue weighted by Gasteiger charge is -2.16. The van der Waals surface area contributed by atoms with E-state index >= 15 is 0 Å². The normalized spacial score (nSPS) is 14.1. The molecule has 5 heteroatoms. The highest BCUT2D eigenvalue weighted by Crippen LogP contribution is 2.22. The van der Waals surface area contributed by atoms with E-state index in [1.54, 1.807) is 47.4 Å². The van der Waals surface area contributed by atoms with Crippen molar-refractivity contribution in [1.82, 2.24) is 0 Å². The summed E-state index contributed by atoms with van der Waals surface area (Å²) < 4.78 is 18.7. The van der Waals surface area contributed by atoms with Gasteiger partial charge in [0.05, 0.1) is 5.56 Å². The molecule has 0 N–H and O–H groups in total. The van der Waals surface area contributed by atoms with Crippen molar-refractivity contribution >= 4 is 17.6 Å². The fourth-order valence-electron chi connectivity index (χ4n) is 2.56. The second kappa shape index (κ2) is 6.60. The molecule has 0 atom stereocenters. The summed E-state index contributed by atoms with van der Waals surface area (Å²) in [5.41, 5.74) is 1.36. The minimum atomic E-state index is -0.540. The van der Waals surface area contributed by atoms with Gasteiger partial charge in [0, 0.05) is 24.2 Å². The maximum absolute atomic E-state index is 13.5. The Morgan fingerprint density at radius 1 is 1.17 bits per heavy atom. The van der Waals surface area contributed by atoms with Crippen LogP contribution in [0.5, 0.6) is 0 Å². The van der Waals surface area contributed by atoms with E-state index in [0.717, 1.165) is 6.42 Å². The van der Waals surface area contributed by atoms with Crippen LogP contribution in [-0.2, 0) is 16.1 Å². The lowest BCUT2D eigenvalue weighted by atomic mass is 10.2. The van der Waals surface area contributed by atoms with E-state index in [4.69, 9.17) is 4.74 Å². The van der Waals surface area contributed by atoms with Crippen molar-refractivity contribution in [1.29, 1.82) is 0 Å². The zero-order chi connectivity index (χ0) is 16.2. The van der Waals surface area contributed by atoms with E-state index in [1.165, 1.54) is 6.07 Å². The summed E-state index contributed by atoms with van der Waals surface area (Å²) in [5.74, 6) is -0.889. The molecule has 1 amide bonds. The molecule has 0 unspecified atom stereocenters. The fraction of sp³-hybridized carbons (Fsp3) is 0.222. The van der Waals surface area contributed by atoms with Crippen molar-refractivity contribution < 1.29 is 18.7 Å². The Bertz CT molecular complexity index is 745. The van der Waals surface area contributed by atoms with Gasteiger partial charge in [-0.15, -0.1) is 0 Å². The number of halogens is 1. The molecule has 1 fully saturated rings. The van der Waals surface area contributed by atoms with Crippen molar-refractivity contribution in [3.63, 3.8) is 0 Å². The lowest BCUT2D eigenvalue weighted by molar-refractivity contribution is -0.117. The van der Waals surface area contributed by atoms with Gasteiger partial charge in [0.2, 0.25) is 5.91 Å². The van der Waals surface area contributed by atoms with Gasteiger partial charge in [0.15, 0.2) is 0 Å². The number of amides is 1. The maximum Gasteiger partial charge on any atom is 0.338 e. The Labute approximate surface area is 133 Å². The van der Waals surface area contributed by atoms with Crippen LogP contribution in [0.3, 0.4) is 0 Å². The van der Waals surface area contributed by atoms with Crippen molar-refractivity contribution in [2.45, 2.75) is 19.4 Å². The van der Waals surface area contributed by atoms with Gasteiger partial charge >= 0.3 is 5.97 Å². The molecule has 4 nitrogen and oxygen atoms in total. The first-order valence-electron chi connectivity index (χ1n) is 7.46. The lowest BCUT2D eigenvalue weighted by Crippen LogP contribution is -2.23. The molecule has 0 radical (unpaired) electrons. The number of rotatable bonds is 4. The van der Waals surface area contributed by atoms with Crippen LogP contribution in [0.1, 0.15) is 28.8 Å². The molecule has 3 rings (SSSR count). The zero-order valence-corrected chi connectivity index (χ0v) is 12.5. The average molecular weight is 313 g/mol. The van der Waals surface area contributed by atoms with Crippen molar-refractivity contribution in [3.05, 3.63) is 65.5 Å². The molecule has 0 aliphatic carbocycles. The zero-order valence-electron chi connectivity index (χ0n) is 12.5. The predicted molar refractivity (Wildman–Crippen MR) is 83.5 cm³/mol. The molecule has 2 aromatic carbocycles. The third kappa shape index (κ3) is 3.39. The molecule has 1 aliphatic rings. The Balaban J connectivity index is 1.70. The third-order valence-corrected chi connectivity index (χ3v) is 3.78. The minimum Gasteiger partial charge on any atom is -0.457 e. The van der Waals surface area contributed by atoms with Crippen LogP contribution in [0.25, 0.3) is 0 Å². The summed E-state index contributed by atoms with van der Waals surface area (Å²) in [7, 11) is 0. The van der Waals surface area contributed by atoms with Crippen LogP contribution in [0.4, 0.5) is 10.1 Å². The number of ether oxygens (including phenoxy) is 1. The maximum atomic E-state index is 13.5. The van der Waals surface area contributed by atoms with E-state index in [0.29, 0.717) is 29.8 Å². The highest BCUT2D eigenvalue weighted by Gasteiger charge is 2.22. The Hall–Kier alpha value is -2.69. The highest BCUT2D eigenvalue weighted by atomic mass is 19.1. The molecule has 1 aliphatic heterocycles. The molecule has 0 saturated carbocycles. The number of carbonyl (C=O) groups excluding carboxylic acids is 2. The minimum absolute atomic E-state index is 0.0573. The first-order chi connectivity index (χ1) is 11.1. The SMILES string of the molecule is O=C(OCc1ccccc1F)c1cccc(N2CCCC2=O)c1. The first-order valence-corrected chi connectivity index (χ1v) is 7.46. The number of anilines is 1. The molecular formula is C18H16FNO3. The predicted octanol–water partition coefficient (Wildman–Crippen LogP) is 3.31. The smallest absolute Gasteiger partial charge is 0.338 e. The molecule has 23 heavy (non-hydrogen) atoms. The van der Waals surface area contributed by atoms with Gasteiger partial charge in [0.25, 0.3) is 0 Å². The molecule has 0 bridgehead atoms. The number of esters is 1. The summed E-state index contributed by atoms with van der Waals surface area (Å²) in [6.45, 7) is 0.533. The summed E-state index contributed by atoms with van der Waals surface area (Å²) in [6.07, 6.45) is 1.35. The van der Waals surface area contributed by atoms with Gasteiger partial charge < -0.3 is 9.64 Å². The number of benzene rings is 2. The largest absolute Gasteiger partial charge is 0.457 e. The average Bonchev–Trinajstić information content (AvgIpc) is 3.00. The van der Waals surface area contributed by atoms with Gasteiger partial charge in [-0.1, -0.05) is 24.3 Å². The second-order valence-electron chi connectivity index (χ2n) is 5.37. The van der Waals surface area contributed by atoms with E-state index < -0.39 is 11.8 Å². The Kier molecular flexibility index (Phi) is 4.37. The van der Waals surface area contributed by atoms with E-state index in [-0.39, 0.29) is 12.5 Å². The highest BCUT2D eigenvalue weighted by molar-refractivity contribution is 5.97. The number of hydrogen-bond donors (Lipinski definition) is 0. The summed E-state index contributed by atoms with van der Waals surface area (Å²) in [4.78, 5) is 25.6. The van der Waals surface area contributed by atoms with Gasteiger partial charge in [-0.2, -0.15) is 0 Å². The monoisotopic (exact) mass is 313 g/mol. The van der Waals surface area contributed by atoms with Crippen LogP contribution in [0.2, 0.25) is 0 Å². The van der Waals surface area contributed by atoms with Crippen molar-refractivity contribution in [3.8, 4) is 0 Å². The quantitative estimate of drug-likeness (QED) is 0.814. The molecule has 1 heterocycles. The van der Waals surface area contributed by atoms with E-state index in [1.807, 2.05) is 0 Å². The summed E-state index contributed by atoms with van der Waals surface area (Å²) >= 11 is 0. The van der Waals surface area contributed by atoms with Crippen LogP contribution >= 0.6 is 0 Å². The van der Waals surface area contributed by atoms with Crippen LogP contribution in [0.15, 0.2) is 48.5 Å². The van der Waals surface area contributed by atoms with Crippen molar-refractivity contribution in [2.24, 2.45) is 0 Å². The molecule has 1 saturated heterocycles. The Morgan fingerprint density at radius 3 is 2.74 bits per heavy atom. The first kappa shape index (κ1) is 15.2. The summed E-state index contributed by atoms with van der Waals surface area (Å²) in [5, 5.41) is 0. The molecule has 118 valence electrons. The van der Waals surface area contributed by atoms with Crippen LogP contribution in [-0.4, -0.2) is 18.4 Å². The topological polar surface area (TPSA) is 46.6 Å². The van der Waals surface area contributed by atoms with Crippen molar-refractivity contribution in [2.75, 3.05) is 11.4 Å². The fourth-order valence-corrected chi connectivity index (χ4v) is 2.56. The number of carbonyl (C=O) groups is 2. The molecule has 0 aromatic heterocycles. The van der Waals surface area contributed by atoms with E-state index in [9.17, 15) is 14.0 Å². The van der Waals surface area contributed by atoms with E-state index in [2.05, 4.69) is 0 Å².